The second kappa shape index (κ2) is 6.88. The SMILES string of the molecule is COc1cccc(C2=NN3[C@H](C2)c2ccccc2O[C@@H]3c2ccc(Cl)cc2)c1. The Labute approximate surface area is 169 Å². The largest absolute Gasteiger partial charge is 0.497 e. The molecule has 0 spiro atoms. The molecule has 0 saturated heterocycles. The molecule has 2 heterocycles. The maximum absolute atomic E-state index is 6.35. The van der Waals surface area contributed by atoms with Gasteiger partial charge in [0.1, 0.15) is 11.5 Å². The van der Waals surface area contributed by atoms with Crippen LogP contribution in [-0.4, -0.2) is 17.8 Å². The smallest absolute Gasteiger partial charge is 0.213 e. The van der Waals surface area contributed by atoms with E-state index in [1.165, 1.54) is 0 Å². The van der Waals surface area contributed by atoms with Crippen LogP contribution in [0.1, 0.15) is 35.4 Å². The van der Waals surface area contributed by atoms with E-state index in [1.807, 2.05) is 60.7 Å². The number of hydrazone groups is 1. The van der Waals surface area contributed by atoms with Crippen molar-refractivity contribution in [2.75, 3.05) is 7.11 Å². The van der Waals surface area contributed by atoms with Gasteiger partial charge in [0, 0.05) is 28.1 Å². The van der Waals surface area contributed by atoms with Crippen LogP contribution in [0.2, 0.25) is 5.02 Å². The minimum absolute atomic E-state index is 0.131. The molecule has 28 heavy (non-hydrogen) atoms. The lowest BCUT2D eigenvalue weighted by atomic mass is 9.96. The number of halogens is 1. The highest BCUT2D eigenvalue weighted by molar-refractivity contribution is 6.30. The zero-order chi connectivity index (χ0) is 19.1. The van der Waals surface area contributed by atoms with Gasteiger partial charge in [-0.2, -0.15) is 5.10 Å². The molecule has 0 amide bonds. The summed E-state index contributed by atoms with van der Waals surface area (Å²) in [5.41, 5.74) is 4.29. The van der Waals surface area contributed by atoms with Crippen LogP contribution in [0.15, 0.2) is 77.9 Å². The first kappa shape index (κ1) is 17.1. The first-order chi connectivity index (χ1) is 13.7. The molecule has 4 nitrogen and oxygen atoms in total. The molecule has 0 saturated carbocycles. The van der Waals surface area contributed by atoms with Crippen molar-refractivity contribution in [2.45, 2.75) is 18.7 Å². The summed E-state index contributed by atoms with van der Waals surface area (Å²) >= 11 is 6.08. The number of ether oxygens (including phenoxy) is 2. The Balaban J connectivity index is 1.58. The summed E-state index contributed by atoms with van der Waals surface area (Å²) in [6.45, 7) is 0. The number of hydrogen-bond donors (Lipinski definition) is 0. The molecule has 0 fully saturated rings. The third kappa shape index (κ3) is 2.90. The Hall–Kier alpha value is -2.98. The van der Waals surface area contributed by atoms with E-state index in [0.29, 0.717) is 5.02 Å². The highest BCUT2D eigenvalue weighted by Crippen LogP contribution is 2.47. The maximum atomic E-state index is 6.35. The molecule has 0 N–H and O–H groups in total. The molecule has 2 aliphatic rings. The third-order valence-corrected chi connectivity index (χ3v) is 5.51. The van der Waals surface area contributed by atoms with Crippen LogP contribution in [0, 0.1) is 0 Å². The van der Waals surface area contributed by atoms with E-state index in [0.717, 1.165) is 40.3 Å². The lowest BCUT2D eigenvalue weighted by Crippen LogP contribution is -2.33. The Bertz CT molecular complexity index is 1050. The van der Waals surface area contributed by atoms with Crippen molar-refractivity contribution in [2.24, 2.45) is 5.10 Å². The number of fused-ring (bicyclic) bond motifs is 3. The van der Waals surface area contributed by atoms with Gasteiger partial charge >= 0.3 is 0 Å². The molecule has 0 bridgehead atoms. The third-order valence-electron chi connectivity index (χ3n) is 5.26. The van der Waals surface area contributed by atoms with Gasteiger partial charge < -0.3 is 9.47 Å². The van der Waals surface area contributed by atoms with Crippen LogP contribution in [-0.2, 0) is 0 Å². The normalized spacial score (nSPS) is 20.1. The van der Waals surface area contributed by atoms with E-state index < -0.39 is 0 Å². The lowest BCUT2D eigenvalue weighted by Gasteiger charge is -2.38. The quantitative estimate of drug-likeness (QED) is 0.584. The van der Waals surface area contributed by atoms with Gasteiger partial charge in [-0.3, -0.25) is 0 Å². The Morgan fingerprint density at radius 3 is 2.68 bits per heavy atom. The van der Waals surface area contributed by atoms with Crippen molar-refractivity contribution in [3.63, 3.8) is 0 Å². The van der Waals surface area contributed by atoms with Crippen molar-refractivity contribution < 1.29 is 9.47 Å². The molecule has 140 valence electrons. The van der Waals surface area contributed by atoms with Gasteiger partial charge in [0.2, 0.25) is 6.23 Å². The molecular weight excluding hydrogens is 372 g/mol. The number of para-hydroxylation sites is 1. The second-order valence-corrected chi connectivity index (χ2v) is 7.37. The van der Waals surface area contributed by atoms with Crippen LogP contribution < -0.4 is 9.47 Å². The average molecular weight is 391 g/mol. The topological polar surface area (TPSA) is 34.1 Å². The Morgan fingerprint density at radius 1 is 1.04 bits per heavy atom. The van der Waals surface area contributed by atoms with Crippen LogP contribution >= 0.6 is 11.6 Å². The lowest BCUT2D eigenvalue weighted by molar-refractivity contribution is -0.0190. The second-order valence-electron chi connectivity index (χ2n) is 6.94. The molecule has 0 radical (unpaired) electrons. The highest BCUT2D eigenvalue weighted by Gasteiger charge is 2.40. The zero-order valence-corrected chi connectivity index (χ0v) is 16.1. The van der Waals surface area contributed by atoms with Gasteiger partial charge in [-0.1, -0.05) is 54.1 Å². The van der Waals surface area contributed by atoms with Gasteiger partial charge in [-0.15, -0.1) is 0 Å². The fraction of sp³-hybridized carbons (Fsp3) is 0.174. The summed E-state index contributed by atoms with van der Waals surface area (Å²) in [7, 11) is 1.68. The Kier molecular flexibility index (Phi) is 4.21. The summed E-state index contributed by atoms with van der Waals surface area (Å²) in [4.78, 5) is 0. The summed E-state index contributed by atoms with van der Waals surface area (Å²) in [6.07, 6.45) is 0.526. The standard InChI is InChI=1S/C23H19ClN2O2/c1-27-18-6-4-5-16(13-18)20-14-21-19-7-2-3-8-22(19)28-23(26(21)25-20)15-9-11-17(24)12-10-15/h2-13,21,23H,14H2,1H3/t21-,23-/m1/s1. The van der Waals surface area contributed by atoms with Crippen molar-refractivity contribution in [1.29, 1.82) is 0 Å². The van der Waals surface area contributed by atoms with Crippen LogP contribution in [0.4, 0.5) is 0 Å². The molecule has 0 aliphatic carbocycles. The van der Waals surface area contributed by atoms with Crippen molar-refractivity contribution in [3.05, 3.63) is 94.5 Å². The summed E-state index contributed by atoms with van der Waals surface area (Å²) in [5, 5.41) is 7.75. The van der Waals surface area contributed by atoms with Crippen LogP contribution in [0.25, 0.3) is 0 Å². The molecular formula is C23H19ClN2O2. The predicted octanol–water partition coefficient (Wildman–Crippen LogP) is 5.59. The van der Waals surface area contributed by atoms with E-state index in [1.54, 1.807) is 7.11 Å². The van der Waals surface area contributed by atoms with Crippen molar-refractivity contribution in [1.82, 2.24) is 5.01 Å². The van der Waals surface area contributed by atoms with Crippen LogP contribution in [0.5, 0.6) is 11.5 Å². The maximum Gasteiger partial charge on any atom is 0.213 e. The first-order valence-electron chi connectivity index (χ1n) is 9.24. The average Bonchev–Trinajstić information content (AvgIpc) is 3.20. The van der Waals surface area contributed by atoms with Gasteiger partial charge in [-0.25, -0.2) is 5.01 Å². The highest BCUT2D eigenvalue weighted by atomic mass is 35.5. The minimum Gasteiger partial charge on any atom is -0.497 e. The predicted molar refractivity (Wildman–Crippen MR) is 110 cm³/mol. The zero-order valence-electron chi connectivity index (χ0n) is 15.4. The monoisotopic (exact) mass is 390 g/mol. The van der Waals surface area contributed by atoms with E-state index in [4.69, 9.17) is 26.2 Å². The van der Waals surface area contributed by atoms with Gasteiger partial charge in [-0.05, 0) is 30.3 Å². The van der Waals surface area contributed by atoms with Gasteiger partial charge in [0.05, 0.1) is 18.9 Å². The van der Waals surface area contributed by atoms with Crippen molar-refractivity contribution in [3.8, 4) is 11.5 Å². The van der Waals surface area contributed by atoms with E-state index in [2.05, 4.69) is 17.1 Å². The summed E-state index contributed by atoms with van der Waals surface area (Å²) < 4.78 is 11.7. The number of rotatable bonds is 3. The molecule has 3 aromatic rings. The molecule has 5 rings (SSSR count). The van der Waals surface area contributed by atoms with Crippen LogP contribution in [0.3, 0.4) is 0 Å². The number of nitrogens with zero attached hydrogens (tertiary/aromatic N) is 2. The van der Waals surface area contributed by atoms with Crippen molar-refractivity contribution >= 4 is 17.3 Å². The summed E-state index contributed by atoms with van der Waals surface area (Å²) in [6, 6.07) is 24.1. The Morgan fingerprint density at radius 2 is 1.86 bits per heavy atom. The molecule has 5 heteroatoms. The fourth-order valence-corrected chi connectivity index (χ4v) is 3.98. The number of benzene rings is 3. The molecule has 3 aromatic carbocycles. The molecule has 2 aliphatic heterocycles. The minimum atomic E-state index is -0.291. The number of hydrogen-bond acceptors (Lipinski definition) is 4. The molecule has 0 unspecified atom stereocenters. The first-order valence-corrected chi connectivity index (χ1v) is 9.62. The van der Waals surface area contributed by atoms with E-state index in [-0.39, 0.29) is 12.3 Å². The number of methoxy groups -OCH3 is 1. The molecule has 2 atom stereocenters. The fourth-order valence-electron chi connectivity index (χ4n) is 3.86. The van der Waals surface area contributed by atoms with Gasteiger partial charge in [0.25, 0.3) is 0 Å². The van der Waals surface area contributed by atoms with E-state index >= 15 is 0 Å². The van der Waals surface area contributed by atoms with E-state index in [9.17, 15) is 0 Å². The van der Waals surface area contributed by atoms with Gasteiger partial charge in [0.15, 0.2) is 0 Å². The molecule has 0 aromatic heterocycles. The summed E-state index contributed by atoms with van der Waals surface area (Å²) in [5.74, 6) is 1.74.